The van der Waals surface area contributed by atoms with Crippen molar-refractivity contribution in [2.24, 2.45) is 0 Å². The molecule has 0 saturated carbocycles. The fourth-order valence-electron chi connectivity index (χ4n) is 4.53. The topological polar surface area (TPSA) is 86.8 Å². The standard InChI is InChI=1S/C32H30Cl2FN3O4S/c1-22-8-14-27(15-9-22)38(43(41,42)28-16-12-26(35)13-17-28)21-31(39)37(20-24-10-11-25(33)19-29(24)34)30(32(40)36-2)18-23-6-4-3-5-7-23/h3-17,19,30H,18,20-21H2,1-2H3,(H,36,40)/t30-/m0/s1. The smallest absolute Gasteiger partial charge is 0.264 e. The van der Waals surface area contributed by atoms with Gasteiger partial charge in [0.25, 0.3) is 10.0 Å². The number of halogens is 3. The predicted octanol–water partition coefficient (Wildman–Crippen LogP) is 6.02. The molecule has 0 aliphatic heterocycles. The van der Waals surface area contributed by atoms with E-state index in [1.54, 1.807) is 36.4 Å². The number of aryl methyl sites for hydroxylation is 1. The van der Waals surface area contributed by atoms with Gasteiger partial charge in [0.15, 0.2) is 0 Å². The predicted molar refractivity (Wildman–Crippen MR) is 167 cm³/mol. The Hall–Kier alpha value is -3.92. The number of nitrogens with zero attached hydrogens (tertiary/aromatic N) is 2. The van der Waals surface area contributed by atoms with E-state index in [2.05, 4.69) is 5.32 Å². The first-order valence-corrected chi connectivity index (χ1v) is 15.5. The van der Waals surface area contributed by atoms with Crippen molar-refractivity contribution in [2.75, 3.05) is 17.9 Å². The third-order valence-electron chi connectivity index (χ3n) is 6.88. The van der Waals surface area contributed by atoms with E-state index in [9.17, 15) is 22.4 Å². The Morgan fingerprint density at radius 2 is 1.56 bits per heavy atom. The molecule has 0 fully saturated rings. The number of carbonyl (C=O) groups excluding carboxylic acids is 2. The van der Waals surface area contributed by atoms with Gasteiger partial charge in [-0.2, -0.15) is 0 Å². The van der Waals surface area contributed by atoms with Gasteiger partial charge in [0, 0.05) is 30.1 Å². The Morgan fingerprint density at radius 1 is 0.907 bits per heavy atom. The Morgan fingerprint density at radius 3 is 2.16 bits per heavy atom. The van der Waals surface area contributed by atoms with Crippen LogP contribution in [0.1, 0.15) is 16.7 Å². The van der Waals surface area contributed by atoms with E-state index in [-0.39, 0.29) is 28.6 Å². The van der Waals surface area contributed by atoms with Crippen molar-refractivity contribution in [1.29, 1.82) is 0 Å². The van der Waals surface area contributed by atoms with Crippen molar-refractivity contribution in [3.05, 3.63) is 130 Å². The average molecular weight is 643 g/mol. The number of likely N-dealkylation sites (N-methyl/N-ethyl adjacent to an activating group) is 1. The molecule has 0 aliphatic rings. The van der Waals surface area contributed by atoms with Crippen molar-refractivity contribution in [2.45, 2.75) is 30.8 Å². The normalized spacial score (nSPS) is 11.9. The highest BCUT2D eigenvalue weighted by Crippen LogP contribution is 2.27. The van der Waals surface area contributed by atoms with Crippen LogP contribution in [0, 0.1) is 12.7 Å². The highest BCUT2D eigenvalue weighted by molar-refractivity contribution is 7.92. The minimum absolute atomic E-state index is 0.0991. The lowest BCUT2D eigenvalue weighted by Crippen LogP contribution is -2.53. The van der Waals surface area contributed by atoms with Crippen LogP contribution in [-0.2, 0) is 32.6 Å². The fraction of sp³-hybridized carbons (Fsp3) is 0.188. The number of anilines is 1. The van der Waals surface area contributed by atoms with Gasteiger partial charge in [0.1, 0.15) is 18.4 Å². The van der Waals surface area contributed by atoms with Gasteiger partial charge >= 0.3 is 0 Å². The molecule has 11 heteroatoms. The lowest BCUT2D eigenvalue weighted by atomic mass is 10.0. The number of rotatable bonds is 11. The van der Waals surface area contributed by atoms with Crippen LogP contribution in [0.4, 0.5) is 10.1 Å². The number of hydrogen-bond donors (Lipinski definition) is 1. The van der Waals surface area contributed by atoms with Gasteiger partial charge in [-0.15, -0.1) is 0 Å². The van der Waals surface area contributed by atoms with Crippen molar-refractivity contribution < 1.29 is 22.4 Å². The van der Waals surface area contributed by atoms with Crippen LogP contribution in [0.25, 0.3) is 0 Å². The summed E-state index contributed by atoms with van der Waals surface area (Å²) in [7, 11) is -2.87. The molecule has 7 nitrogen and oxygen atoms in total. The van der Waals surface area contributed by atoms with Gasteiger partial charge in [0.2, 0.25) is 11.8 Å². The van der Waals surface area contributed by atoms with Gasteiger partial charge in [-0.3, -0.25) is 13.9 Å². The molecule has 1 atom stereocenters. The van der Waals surface area contributed by atoms with E-state index in [0.717, 1.165) is 39.7 Å². The molecule has 0 aromatic heterocycles. The molecular formula is C32H30Cl2FN3O4S. The van der Waals surface area contributed by atoms with Crippen LogP contribution >= 0.6 is 23.2 Å². The van der Waals surface area contributed by atoms with Gasteiger partial charge in [-0.05, 0) is 66.6 Å². The minimum Gasteiger partial charge on any atom is -0.357 e. The number of sulfonamides is 1. The monoisotopic (exact) mass is 641 g/mol. The lowest BCUT2D eigenvalue weighted by molar-refractivity contribution is -0.139. The van der Waals surface area contributed by atoms with Crippen LogP contribution < -0.4 is 9.62 Å². The molecule has 4 rings (SSSR count). The van der Waals surface area contributed by atoms with E-state index < -0.39 is 40.2 Å². The summed E-state index contributed by atoms with van der Waals surface area (Å²) in [6, 6.07) is 24.0. The summed E-state index contributed by atoms with van der Waals surface area (Å²) in [5.74, 6) is -1.69. The van der Waals surface area contributed by atoms with E-state index >= 15 is 0 Å². The Bertz CT molecular complexity index is 1690. The van der Waals surface area contributed by atoms with Crippen molar-refractivity contribution >= 4 is 50.7 Å². The molecule has 0 heterocycles. The zero-order valence-corrected chi connectivity index (χ0v) is 25.8. The first-order chi connectivity index (χ1) is 20.5. The zero-order valence-electron chi connectivity index (χ0n) is 23.5. The van der Waals surface area contributed by atoms with Crippen LogP contribution in [0.15, 0.2) is 102 Å². The second-order valence-electron chi connectivity index (χ2n) is 9.88. The second-order valence-corrected chi connectivity index (χ2v) is 12.6. The number of hydrogen-bond acceptors (Lipinski definition) is 4. The van der Waals surface area contributed by atoms with E-state index in [1.165, 1.54) is 18.0 Å². The summed E-state index contributed by atoms with van der Waals surface area (Å²) < 4.78 is 42.4. The summed E-state index contributed by atoms with van der Waals surface area (Å²) in [6.45, 7) is 1.11. The van der Waals surface area contributed by atoms with Crippen LogP contribution in [0.5, 0.6) is 0 Å². The van der Waals surface area contributed by atoms with Crippen molar-refractivity contribution in [3.63, 3.8) is 0 Å². The molecule has 0 bridgehead atoms. The van der Waals surface area contributed by atoms with E-state index in [4.69, 9.17) is 23.2 Å². The summed E-state index contributed by atoms with van der Waals surface area (Å²) in [5.41, 5.74) is 2.43. The van der Waals surface area contributed by atoms with Crippen LogP contribution in [0.3, 0.4) is 0 Å². The van der Waals surface area contributed by atoms with Gasteiger partial charge in [-0.25, -0.2) is 12.8 Å². The molecule has 4 aromatic rings. The molecule has 0 aliphatic carbocycles. The van der Waals surface area contributed by atoms with Gasteiger partial charge < -0.3 is 10.2 Å². The molecule has 0 spiro atoms. The average Bonchev–Trinajstić information content (AvgIpc) is 2.99. The summed E-state index contributed by atoms with van der Waals surface area (Å²) in [4.78, 5) is 28.7. The summed E-state index contributed by atoms with van der Waals surface area (Å²) >= 11 is 12.6. The van der Waals surface area contributed by atoms with Crippen molar-refractivity contribution in [3.8, 4) is 0 Å². The maximum absolute atomic E-state index is 14.3. The zero-order chi connectivity index (χ0) is 31.1. The molecule has 43 heavy (non-hydrogen) atoms. The quantitative estimate of drug-likeness (QED) is 0.217. The first-order valence-electron chi connectivity index (χ1n) is 13.3. The summed E-state index contributed by atoms with van der Waals surface area (Å²) in [6.07, 6.45) is 0.159. The van der Waals surface area contributed by atoms with Gasteiger partial charge in [-0.1, -0.05) is 77.3 Å². The number of benzene rings is 4. The van der Waals surface area contributed by atoms with Crippen molar-refractivity contribution in [1.82, 2.24) is 10.2 Å². The largest absolute Gasteiger partial charge is 0.357 e. The third-order valence-corrected chi connectivity index (χ3v) is 9.25. The van der Waals surface area contributed by atoms with Gasteiger partial charge in [0.05, 0.1) is 10.6 Å². The number of carbonyl (C=O) groups is 2. The molecule has 0 radical (unpaired) electrons. The first kappa shape index (κ1) is 32.0. The lowest BCUT2D eigenvalue weighted by Gasteiger charge is -2.33. The molecule has 224 valence electrons. The fourth-order valence-corrected chi connectivity index (χ4v) is 6.41. The molecule has 1 N–H and O–H groups in total. The second kappa shape index (κ2) is 14.0. The molecule has 2 amide bonds. The third kappa shape index (κ3) is 7.93. The minimum atomic E-state index is -4.33. The Labute approximate surface area is 260 Å². The van der Waals surface area contributed by atoms with E-state index in [1.807, 2.05) is 37.3 Å². The Balaban J connectivity index is 1.80. The summed E-state index contributed by atoms with van der Waals surface area (Å²) in [5, 5.41) is 3.31. The highest BCUT2D eigenvalue weighted by Gasteiger charge is 2.34. The molecular weight excluding hydrogens is 612 g/mol. The number of nitrogens with one attached hydrogen (secondary N) is 1. The molecule has 4 aromatic carbocycles. The highest BCUT2D eigenvalue weighted by atomic mass is 35.5. The molecule has 0 saturated heterocycles. The van der Waals surface area contributed by atoms with Crippen LogP contribution in [0.2, 0.25) is 10.0 Å². The van der Waals surface area contributed by atoms with Crippen LogP contribution in [-0.4, -0.2) is 44.8 Å². The maximum atomic E-state index is 14.3. The number of amides is 2. The Kier molecular flexibility index (Phi) is 10.4. The molecule has 0 unspecified atom stereocenters. The SMILES string of the molecule is CNC(=O)[C@H](Cc1ccccc1)N(Cc1ccc(Cl)cc1Cl)C(=O)CN(c1ccc(C)cc1)S(=O)(=O)c1ccc(F)cc1. The van der Waals surface area contributed by atoms with E-state index in [0.29, 0.717) is 10.6 Å². The maximum Gasteiger partial charge on any atom is 0.264 e.